The Morgan fingerprint density at radius 3 is 0.356 bits per heavy atom. The molecule has 0 aliphatic heterocycles. The standard InChI is InChI=1S/4C10H18O6.C6H10O4.2C4H6O4/c4*11-5-7-15-9(13)3-1-2-4-10(14)16-8-6-12;7-5(8)3-1-2-4-6(9)10;2*5-3(6)1-2-4(7)8/h4*11-12H,1-8H2;1-4H2,(H,7,8)(H,9,10);2*1-2H2,(H,5,6)(H,7,8). The maximum absolute atomic E-state index is 10.9. The number of hydrogen-bond donors (Lipinski definition) is 14. The van der Waals surface area contributed by atoms with Crippen molar-refractivity contribution in [2.45, 2.75) is 154 Å². The molecule has 0 radical (unpaired) electrons. The van der Waals surface area contributed by atoms with Crippen LogP contribution in [-0.4, -0.2) is 261 Å². The topological polar surface area (TPSA) is 596 Å². The molecule has 90 heavy (non-hydrogen) atoms. The first kappa shape index (κ1) is 95.9. The summed E-state index contributed by atoms with van der Waals surface area (Å²) >= 11 is 0. The van der Waals surface area contributed by atoms with E-state index in [1.807, 2.05) is 0 Å². The van der Waals surface area contributed by atoms with Crippen molar-refractivity contribution in [2.24, 2.45) is 0 Å². The van der Waals surface area contributed by atoms with Crippen molar-refractivity contribution in [3.05, 3.63) is 0 Å². The van der Waals surface area contributed by atoms with E-state index >= 15 is 0 Å². The summed E-state index contributed by atoms with van der Waals surface area (Å²) in [6.45, 7) is -1.36. The minimum Gasteiger partial charge on any atom is -0.481 e. The third kappa shape index (κ3) is 105. The van der Waals surface area contributed by atoms with E-state index in [4.69, 9.17) is 71.5 Å². The van der Waals surface area contributed by atoms with Crippen LogP contribution in [0.5, 0.6) is 0 Å². The zero-order valence-electron chi connectivity index (χ0n) is 50.5. The van der Waals surface area contributed by atoms with Gasteiger partial charge in [-0.3, -0.25) is 67.1 Å². The summed E-state index contributed by atoms with van der Waals surface area (Å²) in [5.74, 6) is -9.06. The molecule has 0 bridgehead atoms. The van der Waals surface area contributed by atoms with Crippen molar-refractivity contribution >= 4 is 83.6 Å². The Labute approximate surface area is 518 Å². The monoisotopic (exact) mass is 1320 g/mol. The molecular weight excluding hydrogens is 1220 g/mol. The summed E-state index contributed by atoms with van der Waals surface area (Å²) in [5.41, 5.74) is 0. The molecule has 0 heterocycles. The molecule has 0 saturated carbocycles. The first-order valence-electron chi connectivity index (χ1n) is 28.1. The number of aliphatic hydroxyl groups is 8. The number of carboxylic acids is 6. The molecule has 0 aliphatic rings. The van der Waals surface area contributed by atoms with Crippen molar-refractivity contribution in [1.29, 1.82) is 0 Å². The Morgan fingerprint density at radius 2 is 0.267 bits per heavy atom. The number of esters is 8. The second-order valence-corrected chi connectivity index (χ2v) is 17.0. The van der Waals surface area contributed by atoms with E-state index in [1.165, 1.54) is 0 Å². The molecule has 0 atom stereocenters. The number of hydrogen-bond acceptors (Lipinski definition) is 30. The average Bonchev–Trinajstić information content (AvgIpc) is 3.52. The van der Waals surface area contributed by atoms with Crippen LogP contribution < -0.4 is 0 Å². The Morgan fingerprint density at radius 1 is 0.167 bits per heavy atom. The van der Waals surface area contributed by atoms with E-state index in [2.05, 4.69) is 37.9 Å². The highest BCUT2D eigenvalue weighted by atomic mass is 16.6. The first-order chi connectivity index (χ1) is 42.7. The molecule has 0 aliphatic carbocycles. The Kier molecular flexibility index (Phi) is 82.4. The minimum absolute atomic E-state index is 0.0113. The Bertz CT molecular complexity index is 1560. The lowest BCUT2D eigenvalue weighted by atomic mass is 10.2. The van der Waals surface area contributed by atoms with Crippen LogP contribution in [0.3, 0.4) is 0 Å². The molecule has 14 N–H and O–H groups in total. The smallest absolute Gasteiger partial charge is 0.305 e. The van der Waals surface area contributed by atoms with E-state index < -0.39 is 35.8 Å². The molecule has 0 rings (SSSR count). The SMILES string of the molecule is O=C(CCCCC(=O)OCCO)OCCO.O=C(CCCCC(=O)OCCO)OCCO.O=C(CCCCC(=O)OCCO)OCCO.O=C(CCCCC(=O)OCCO)OCCO.O=C(O)CCC(=O)O.O=C(O)CCC(=O)O.O=C(O)CCCCC(=O)O. The van der Waals surface area contributed by atoms with Gasteiger partial charge in [0, 0.05) is 64.2 Å². The van der Waals surface area contributed by atoms with Gasteiger partial charge in [0.25, 0.3) is 0 Å². The molecule has 0 unspecified atom stereocenters. The summed E-state index contributed by atoms with van der Waals surface area (Å²) in [6.07, 6.45) is 5.99. The van der Waals surface area contributed by atoms with Crippen LogP contribution in [0.2, 0.25) is 0 Å². The molecule has 36 nitrogen and oxygen atoms in total. The van der Waals surface area contributed by atoms with Gasteiger partial charge < -0.3 is 109 Å². The second-order valence-electron chi connectivity index (χ2n) is 17.0. The maximum Gasteiger partial charge on any atom is 0.305 e. The van der Waals surface area contributed by atoms with Crippen LogP contribution in [0, 0.1) is 0 Å². The number of carbonyl (C=O) groups is 14. The van der Waals surface area contributed by atoms with Crippen LogP contribution in [-0.2, 0) is 105 Å². The van der Waals surface area contributed by atoms with Gasteiger partial charge in [-0.05, 0) is 64.2 Å². The fourth-order valence-corrected chi connectivity index (χ4v) is 4.99. The zero-order valence-corrected chi connectivity index (χ0v) is 50.5. The fourth-order valence-electron chi connectivity index (χ4n) is 4.99. The Hall–Kier alpha value is -7.74. The highest BCUT2D eigenvalue weighted by molar-refractivity contribution is 5.76. The Balaban J connectivity index is -0.000000182. The van der Waals surface area contributed by atoms with Crippen LogP contribution in [0.15, 0.2) is 0 Å². The number of unbranched alkanes of at least 4 members (excludes halogenated alkanes) is 5. The van der Waals surface area contributed by atoms with Crippen LogP contribution >= 0.6 is 0 Å². The van der Waals surface area contributed by atoms with E-state index in [9.17, 15) is 67.1 Å². The minimum atomic E-state index is -1.08. The number of aliphatic hydroxyl groups excluding tert-OH is 8. The third-order valence-corrected chi connectivity index (χ3v) is 9.02. The van der Waals surface area contributed by atoms with Crippen LogP contribution in [0.1, 0.15) is 154 Å². The first-order valence-corrected chi connectivity index (χ1v) is 28.1. The van der Waals surface area contributed by atoms with Gasteiger partial charge in [0.15, 0.2) is 0 Å². The molecule has 0 aromatic heterocycles. The predicted octanol–water partition coefficient (Wildman–Crippen LogP) is -0.941. The van der Waals surface area contributed by atoms with Gasteiger partial charge in [-0.2, -0.15) is 0 Å². The van der Waals surface area contributed by atoms with E-state index in [1.54, 1.807) is 0 Å². The molecule has 36 heteroatoms. The third-order valence-electron chi connectivity index (χ3n) is 9.02. The quantitative estimate of drug-likeness (QED) is 0.0199. The number of carboxylic acid groups (broad SMARTS) is 6. The van der Waals surface area contributed by atoms with Crippen molar-refractivity contribution in [3.63, 3.8) is 0 Å². The van der Waals surface area contributed by atoms with Crippen molar-refractivity contribution < 1.29 is 177 Å². The van der Waals surface area contributed by atoms with Gasteiger partial charge in [-0.15, -0.1) is 0 Å². The highest BCUT2D eigenvalue weighted by Crippen LogP contribution is 2.06. The molecule has 0 saturated heterocycles. The van der Waals surface area contributed by atoms with Gasteiger partial charge in [-0.1, -0.05) is 0 Å². The van der Waals surface area contributed by atoms with E-state index in [-0.39, 0.29) is 243 Å². The molecule has 0 spiro atoms. The maximum atomic E-state index is 10.9. The summed E-state index contributed by atoms with van der Waals surface area (Å²) < 4.78 is 37.0. The van der Waals surface area contributed by atoms with Crippen molar-refractivity contribution in [1.82, 2.24) is 0 Å². The number of carbonyl (C=O) groups excluding carboxylic acids is 8. The number of aliphatic carboxylic acids is 6. The molecule has 526 valence electrons. The number of ether oxygens (including phenoxy) is 8. The molecule has 0 fully saturated rings. The molecule has 0 aromatic carbocycles. The molecule has 0 amide bonds. The van der Waals surface area contributed by atoms with Crippen LogP contribution in [0.25, 0.3) is 0 Å². The van der Waals surface area contributed by atoms with E-state index in [0.29, 0.717) is 64.2 Å². The van der Waals surface area contributed by atoms with Crippen LogP contribution in [0.4, 0.5) is 0 Å². The van der Waals surface area contributed by atoms with Gasteiger partial charge in [0.2, 0.25) is 0 Å². The summed E-state index contributed by atoms with van der Waals surface area (Å²) in [6, 6.07) is 0. The fraction of sp³-hybridized carbons (Fsp3) is 0.741. The van der Waals surface area contributed by atoms with Gasteiger partial charge in [0.1, 0.15) is 52.9 Å². The molecular formula is C54H94O36. The van der Waals surface area contributed by atoms with Gasteiger partial charge >= 0.3 is 83.6 Å². The van der Waals surface area contributed by atoms with E-state index in [0.717, 1.165) is 0 Å². The highest BCUT2D eigenvalue weighted by Gasteiger charge is 2.10. The lowest BCUT2D eigenvalue weighted by Gasteiger charge is -2.03. The van der Waals surface area contributed by atoms with Gasteiger partial charge in [0.05, 0.1) is 78.5 Å². The largest absolute Gasteiger partial charge is 0.481 e. The predicted molar refractivity (Wildman–Crippen MR) is 301 cm³/mol. The summed E-state index contributed by atoms with van der Waals surface area (Å²) in [4.78, 5) is 146. The van der Waals surface area contributed by atoms with Gasteiger partial charge in [-0.25, -0.2) is 0 Å². The lowest BCUT2D eigenvalue weighted by molar-refractivity contribution is -0.146. The second kappa shape index (κ2) is 77.4. The van der Waals surface area contributed by atoms with Crippen molar-refractivity contribution in [3.8, 4) is 0 Å². The summed E-state index contributed by atoms with van der Waals surface area (Å²) in [5, 5.41) is 115. The lowest BCUT2D eigenvalue weighted by Crippen LogP contribution is -2.10. The zero-order chi connectivity index (χ0) is 70.0. The van der Waals surface area contributed by atoms with Crippen molar-refractivity contribution in [2.75, 3.05) is 106 Å². The molecule has 0 aromatic rings. The average molecular weight is 1320 g/mol. The summed E-state index contributed by atoms with van der Waals surface area (Å²) in [7, 11) is 0. The number of rotatable bonds is 47. The normalized spacial score (nSPS) is 9.56.